The van der Waals surface area contributed by atoms with Crippen molar-refractivity contribution in [3.63, 3.8) is 0 Å². The first kappa shape index (κ1) is 13.8. The van der Waals surface area contributed by atoms with E-state index >= 15 is 0 Å². The molecule has 0 aromatic carbocycles. The monoisotopic (exact) mass is 298 g/mol. The van der Waals surface area contributed by atoms with E-state index in [-0.39, 0.29) is 16.1 Å². The molecule has 0 saturated heterocycles. The number of nitrogens with one attached hydrogen (secondary N) is 1. The number of pyridine rings is 1. The Hall–Kier alpha value is -1.59. The van der Waals surface area contributed by atoms with Gasteiger partial charge in [-0.3, -0.25) is 9.48 Å². The molecule has 0 aliphatic carbocycles. The van der Waals surface area contributed by atoms with Crippen LogP contribution in [-0.4, -0.2) is 20.7 Å². The summed E-state index contributed by atoms with van der Waals surface area (Å²) in [6.07, 6.45) is 3.25. The lowest BCUT2D eigenvalue weighted by Gasteiger charge is -2.05. The van der Waals surface area contributed by atoms with Crippen LogP contribution in [0.4, 0.5) is 0 Å². The molecule has 1 amide bonds. The van der Waals surface area contributed by atoms with Crippen LogP contribution in [0.2, 0.25) is 10.2 Å². The van der Waals surface area contributed by atoms with Crippen LogP contribution >= 0.6 is 23.2 Å². The molecule has 19 heavy (non-hydrogen) atoms. The number of amides is 1. The van der Waals surface area contributed by atoms with E-state index in [4.69, 9.17) is 23.2 Å². The van der Waals surface area contributed by atoms with E-state index in [2.05, 4.69) is 15.4 Å². The third-order valence-corrected chi connectivity index (χ3v) is 3.30. The predicted octanol–water partition coefficient (Wildman–Crippen LogP) is 2.36. The van der Waals surface area contributed by atoms with Crippen LogP contribution in [0, 0.1) is 6.92 Å². The number of carbonyl (C=O) groups excluding carboxylic acids is 1. The van der Waals surface area contributed by atoms with Gasteiger partial charge in [0.25, 0.3) is 5.91 Å². The van der Waals surface area contributed by atoms with Crippen LogP contribution in [0.25, 0.3) is 0 Å². The maximum absolute atomic E-state index is 11.9. The Morgan fingerprint density at radius 2 is 2.21 bits per heavy atom. The van der Waals surface area contributed by atoms with Gasteiger partial charge >= 0.3 is 0 Å². The second-order valence-electron chi connectivity index (χ2n) is 4.09. The Balaban J connectivity index is 2.05. The molecule has 0 fully saturated rings. The molecule has 0 aliphatic rings. The molecular weight excluding hydrogens is 287 g/mol. The van der Waals surface area contributed by atoms with Crippen molar-refractivity contribution in [2.24, 2.45) is 7.05 Å². The summed E-state index contributed by atoms with van der Waals surface area (Å²) in [5.74, 6) is -0.255. The molecule has 7 heteroatoms. The molecular formula is C12H12Cl2N4O. The SMILES string of the molecule is Cc1nn(C)cc1CNC(=O)c1cnc(Cl)c(Cl)c1. The van der Waals surface area contributed by atoms with Crippen molar-refractivity contribution in [2.75, 3.05) is 0 Å². The van der Waals surface area contributed by atoms with Crippen LogP contribution in [0.15, 0.2) is 18.5 Å². The largest absolute Gasteiger partial charge is 0.348 e. The van der Waals surface area contributed by atoms with Crippen molar-refractivity contribution in [3.05, 3.63) is 45.5 Å². The molecule has 0 bridgehead atoms. The molecule has 1 N–H and O–H groups in total. The Labute approximate surface area is 120 Å². The van der Waals surface area contributed by atoms with E-state index in [9.17, 15) is 4.79 Å². The molecule has 2 aromatic heterocycles. The van der Waals surface area contributed by atoms with Gasteiger partial charge in [-0.1, -0.05) is 23.2 Å². The van der Waals surface area contributed by atoms with Gasteiger partial charge in [-0.2, -0.15) is 5.10 Å². The van der Waals surface area contributed by atoms with Crippen molar-refractivity contribution < 1.29 is 4.79 Å². The molecule has 2 aromatic rings. The van der Waals surface area contributed by atoms with E-state index in [1.807, 2.05) is 20.2 Å². The predicted molar refractivity (Wildman–Crippen MR) is 73.4 cm³/mol. The zero-order valence-corrected chi connectivity index (χ0v) is 12.0. The van der Waals surface area contributed by atoms with Crippen LogP contribution in [0.3, 0.4) is 0 Å². The third kappa shape index (κ3) is 3.24. The maximum Gasteiger partial charge on any atom is 0.253 e. The summed E-state index contributed by atoms with van der Waals surface area (Å²) in [7, 11) is 1.83. The first-order chi connectivity index (χ1) is 8.97. The van der Waals surface area contributed by atoms with Crippen LogP contribution in [-0.2, 0) is 13.6 Å². The number of aryl methyl sites for hydroxylation is 2. The standard InChI is InChI=1S/C12H12Cl2N4O/c1-7-9(6-18(2)17-7)5-16-12(19)8-3-10(13)11(14)15-4-8/h3-4,6H,5H2,1-2H3,(H,16,19). The Bertz CT molecular complexity index is 624. The number of halogens is 2. The summed E-state index contributed by atoms with van der Waals surface area (Å²) in [5.41, 5.74) is 2.22. The van der Waals surface area contributed by atoms with Gasteiger partial charge in [-0.15, -0.1) is 0 Å². The second-order valence-corrected chi connectivity index (χ2v) is 4.86. The average molecular weight is 299 g/mol. The summed E-state index contributed by atoms with van der Waals surface area (Å²) in [6, 6.07) is 1.49. The minimum atomic E-state index is -0.255. The summed E-state index contributed by atoms with van der Waals surface area (Å²) in [6.45, 7) is 2.29. The zero-order valence-electron chi connectivity index (χ0n) is 10.4. The van der Waals surface area contributed by atoms with Gasteiger partial charge in [-0.05, 0) is 13.0 Å². The van der Waals surface area contributed by atoms with Crippen molar-refractivity contribution in [2.45, 2.75) is 13.5 Å². The number of carbonyl (C=O) groups is 1. The minimum absolute atomic E-state index is 0.182. The van der Waals surface area contributed by atoms with Gasteiger partial charge in [0, 0.05) is 31.5 Å². The molecule has 2 heterocycles. The lowest BCUT2D eigenvalue weighted by Crippen LogP contribution is -2.23. The smallest absolute Gasteiger partial charge is 0.253 e. The highest BCUT2D eigenvalue weighted by molar-refractivity contribution is 6.41. The lowest BCUT2D eigenvalue weighted by atomic mass is 10.2. The highest BCUT2D eigenvalue weighted by atomic mass is 35.5. The Kier molecular flexibility index (Phi) is 4.07. The highest BCUT2D eigenvalue weighted by Crippen LogP contribution is 2.19. The first-order valence-electron chi connectivity index (χ1n) is 5.55. The van der Waals surface area contributed by atoms with Crippen molar-refractivity contribution in [3.8, 4) is 0 Å². The number of hydrogen-bond donors (Lipinski definition) is 1. The Morgan fingerprint density at radius 1 is 1.47 bits per heavy atom. The topological polar surface area (TPSA) is 59.8 Å². The highest BCUT2D eigenvalue weighted by Gasteiger charge is 2.10. The second kappa shape index (κ2) is 5.59. The minimum Gasteiger partial charge on any atom is -0.348 e. The lowest BCUT2D eigenvalue weighted by molar-refractivity contribution is 0.0950. The van der Waals surface area contributed by atoms with E-state index in [0.717, 1.165) is 11.3 Å². The average Bonchev–Trinajstić information content (AvgIpc) is 2.68. The van der Waals surface area contributed by atoms with Crippen molar-refractivity contribution in [1.82, 2.24) is 20.1 Å². The molecule has 0 unspecified atom stereocenters. The van der Waals surface area contributed by atoms with Crippen LogP contribution < -0.4 is 5.32 Å². The molecule has 5 nitrogen and oxygen atoms in total. The summed E-state index contributed by atoms with van der Waals surface area (Å²) in [4.78, 5) is 15.8. The molecule has 0 spiro atoms. The normalized spacial score (nSPS) is 10.5. The van der Waals surface area contributed by atoms with Gasteiger partial charge in [0.2, 0.25) is 0 Å². The number of aromatic nitrogens is 3. The van der Waals surface area contributed by atoms with Gasteiger partial charge in [0.05, 0.1) is 16.3 Å². The molecule has 100 valence electrons. The fraction of sp³-hybridized carbons (Fsp3) is 0.250. The van der Waals surface area contributed by atoms with Crippen molar-refractivity contribution in [1.29, 1.82) is 0 Å². The fourth-order valence-corrected chi connectivity index (χ4v) is 1.91. The van der Waals surface area contributed by atoms with Gasteiger partial charge < -0.3 is 5.32 Å². The first-order valence-corrected chi connectivity index (χ1v) is 6.31. The summed E-state index contributed by atoms with van der Waals surface area (Å²) < 4.78 is 1.71. The van der Waals surface area contributed by atoms with Crippen LogP contribution in [0.1, 0.15) is 21.6 Å². The van der Waals surface area contributed by atoms with E-state index in [1.165, 1.54) is 12.3 Å². The zero-order chi connectivity index (χ0) is 14.0. The number of hydrogen-bond acceptors (Lipinski definition) is 3. The third-order valence-electron chi connectivity index (χ3n) is 2.61. The molecule has 0 saturated carbocycles. The van der Waals surface area contributed by atoms with Gasteiger partial charge in [0.1, 0.15) is 5.15 Å². The fourth-order valence-electron chi connectivity index (χ4n) is 1.65. The quantitative estimate of drug-likeness (QED) is 0.885. The summed E-state index contributed by atoms with van der Waals surface area (Å²) in [5, 5.41) is 7.42. The van der Waals surface area contributed by atoms with E-state index in [1.54, 1.807) is 4.68 Å². The van der Waals surface area contributed by atoms with Crippen molar-refractivity contribution >= 4 is 29.1 Å². The van der Waals surface area contributed by atoms with E-state index in [0.29, 0.717) is 12.1 Å². The Morgan fingerprint density at radius 3 is 2.79 bits per heavy atom. The van der Waals surface area contributed by atoms with E-state index < -0.39 is 0 Å². The van der Waals surface area contributed by atoms with Crippen LogP contribution in [0.5, 0.6) is 0 Å². The molecule has 0 radical (unpaired) electrons. The summed E-state index contributed by atoms with van der Waals surface area (Å²) >= 11 is 11.5. The maximum atomic E-state index is 11.9. The van der Waals surface area contributed by atoms with Gasteiger partial charge in [-0.25, -0.2) is 4.98 Å². The molecule has 2 rings (SSSR count). The number of rotatable bonds is 3. The molecule has 0 atom stereocenters. The van der Waals surface area contributed by atoms with Gasteiger partial charge in [0.15, 0.2) is 0 Å². The molecule has 0 aliphatic heterocycles. The number of nitrogens with zero attached hydrogens (tertiary/aromatic N) is 3.